The van der Waals surface area contributed by atoms with Crippen LogP contribution in [-0.4, -0.2) is 36.5 Å². The van der Waals surface area contributed by atoms with E-state index in [9.17, 15) is 4.79 Å². The molecule has 4 nitrogen and oxygen atoms in total. The van der Waals surface area contributed by atoms with E-state index in [4.69, 9.17) is 4.74 Å². The van der Waals surface area contributed by atoms with E-state index in [-0.39, 0.29) is 16.7 Å². The van der Waals surface area contributed by atoms with Gasteiger partial charge in [-0.15, -0.1) is 11.8 Å². The molecule has 20 heavy (non-hydrogen) atoms. The molecule has 1 aromatic carbocycles. The Kier molecular flexibility index (Phi) is 5.07. The Balaban J connectivity index is 1.91. The van der Waals surface area contributed by atoms with Crippen LogP contribution < -0.4 is 10.6 Å². The van der Waals surface area contributed by atoms with Crippen molar-refractivity contribution in [3.8, 4) is 0 Å². The van der Waals surface area contributed by atoms with Crippen molar-refractivity contribution in [3.63, 3.8) is 0 Å². The van der Waals surface area contributed by atoms with Crippen LogP contribution in [0.2, 0.25) is 0 Å². The maximum Gasteiger partial charge on any atom is 0.243 e. The van der Waals surface area contributed by atoms with Gasteiger partial charge in [0.25, 0.3) is 0 Å². The van der Waals surface area contributed by atoms with Crippen LogP contribution in [0.3, 0.4) is 0 Å². The third-order valence-electron chi connectivity index (χ3n) is 2.78. The minimum Gasteiger partial charge on any atom is -0.378 e. The van der Waals surface area contributed by atoms with Crippen molar-refractivity contribution in [2.24, 2.45) is 0 Å². The van der Waals surface area contributed by atoms with E-state index in [1.54, 1.807) is 0 Å². The van der Waals surface area contributed by atoms with Gasteiger partial charge in [-0.1, -0.05) is 20.8 Å². The van der Waals surface area contributed by atoms with Gasteiger partial charge in [-0.3, -0.25) is 4.79 Å². The molecule has 0 radical (unpaired) electrons. The lowest BCUT2D eigenvalue weighted by Gasteiger charge is -2.23. The van der Waals surface area contributed by atoms with E-state index in [2.05, 4.69) is 31.4 Å². The Morgan fingerprint density at radius 1 is 1.35 bits per heavy atom. The molecule has 0 aromatic heterocycles. The van der Waals surface area contributed by atoms with Crippen molar-refractivity contribution >= 4 is 23.4 Å². The summed E-state index contributed by atoms with van der Waals surface area (Å²) in [4.78, 5) is 13.2. The van der Waals surface area contributed by atoms with Crippen molar-refractivity contribution in [2.75, 3.05) is 25.1 Å². The molecule has 5 heteroatoms. The standard InChI is InChI=1S/C15H22N2O2S/c1-15(2,3)20-12-6-4-11(5-7-12)17-14(18)13-10-19-9-8-16-13/h4-7,13,16H,8-10H2,1-3H3,(H,17,18). The predicted octanol–water partition coefficient (Wildman–Crippen LogP) is 2.50. The lowest BCUT2D eigenvalue weighted by Crippen LogP contribution is -2.48. The molecule has 1 fully saturated rings. The second kappa shape index (κ2) is 6.61. The maximum atomic E-state index is 12.0. The van der Waals surface area contributed by atoms with Crippen LogP contribution in [0.25, 0.3) is 0 Å². The van der Waals surface area contributed by atoms with E-state index >= 15 is 0 Å². The number of nitrogens with one attached hydrogen (secondary N) is 2. The van der Waals surface area contributed by atoms with Crippen LogP contribution in [0.5, 0.6) is 0 Å². The Bertz CT molecular complexity index is 448. The average Bonchev–Trinajstić information content (AvgIpc) is 2.40. The Hall–Kier alpha value is -1.04. The van der Waals surface area contributed by atoms with Crippen LogP contribution in [0, 0.1) is 0 Å². The topological polar surface area (TPSA) is 50.4 Å². The number of carbonyl (C=O) groups is 1. The quantitative estimate of drug-likeness (QED) is 0.841. The van der Waals surface area contributed by atoms with Crippen LogP contribution in [0.4, 0.5) is 5.69 Å². The number of hydrogen-bond donors (Lipinski definition) is 2. The molecule has 2 N–H and O–H groups in total. The molecule has 0 saturated carbocycles. The first-order valence-electron chi connectivity index (χ1n) is 6.85. The molecule has 2 rings (SSSR count). The zero-order valence-corrected chi connectivity index (χ0v) is 13.0. The van der Waals surface area contributed by atoms with Crippen molar-refractivity contribution in [2.45, 2.75) is 36.5 Å². The summed E-state index contributed by atoms with van der Waals surface area (Å²) in [6.07, 6.45) is 0. The van der Waals surface area contributed by atoms with Crippen molar-refractivity contribution in [3.05, 3.63) is 24.3 Å². The minimum absolute atomic E-state index is 0.0408. The Morgan fingerprint density at radius 3 is 2.60 bits per heavy atom. The number of thioether (sulfide) groups is 1. The van der Waals surface area contributed by atoms with Crippen LogP contribution in [0.1, 0.15) is 20.8 Å². The number of carbonyl (C=O) groups excluding carboxylic acids is 1. The van der Waals surface area contributed by atoms with Crippen molar-refractivity contribution < 1.29 is 9.53 Å². The zero-order valence-electron chi connectivity index (χ0n) is 12.2. The molecule has 0 aliphatic carbocycles. The lowest BCUT2D eigenvalue weighted by atomic mass is 10.2. The highest BCUT2D eigenvalue weighted by Crippen LogP contribution is 2.32. The first kappa shape index (κ1) is 15.4. The molecule has 1 aliphatic rings. The van der Waals surface area contributed by atoms with Gasteiger partial charge in [0, 0.05) is 21.9 Å². The number of hydrogen-bond acceptors (Lipinski definition) is 4. The molecule has 0 spiro atoms. The molecule has 110 valence electrons. The Morgan fingerprint density at radius 2 is 2.05 bits per heavy atom. The highest BCUT2D eigenvalue weighted by atomic mass is 32.2. The third-order valence-corrected chi connectivity index (χ3v) is 3.90. The summed E-state index contributed by atoms with van der Waals surface area (Å²) in [6.45, 7) is 8.37. The zero-order chi connectivity index (χ0) is 14.6. The van der Waals surface area contributed by atoms with E-state index in [1.165, 1.54) is 4.90 Å². The van der Waals surface area contributed by atoms with Gasteiger partial charge in [-0.05, 0) is 24.3 Å². The van der Waals surface area contributed by atoms with E-state index < -0.39 is 0 Å². The molecular weight excluding hydrogens is 272 g/mol. The molecule has 1 amide bonds. The smallest absolute Gasteiger partial charge is 0.243 e. The first-order valence-corrected chi connectivity index (χ1v) is 7.67. The molecular formula is C15H22N2O2S. The highest BCUT2D eigenvalue weighted by Gasteiger charge is 2.21. The summed E-state index contributed by atoms with van der Waals surface area (Å²) in [5.74, 6) is -0.0408. The maximum absolute atomic E-state index is 12.0. The monoisotopic (exact) mass is 294 g/mol. The number of benzene rings is 1. The molecule has 1 aromatic rings. The van der Waals surface area contributed by atoms with E-state index in [1.807, 2.05) is 36.0 Å². The fourth-order valence-corrected chi connectivity index (χ4v) is 2.90. The number of amides is 1. The second-order valence-corrected chi connectivity index (χ2v) is 7.71. The van der Waals surface area contributed by atoms with Crippen LogP contribution in [-0.2, 0) is 9.53 Å². The van der Waals surface area contributed by atoms with Gasteiger partial charge in [-0.2, -0.15) is 0 Å². The van der Waals surface area contributed by atoms with Crippen LogP contribution >= 0.6 is 11.8 Å². The normalized spacial score (nSPS) is 19.6. The van der Waals surface area contributed by atoms with Gasteiger partial charge in [0.15, 0.2) is 0 Å². The number of ether oxygens (including phenoxy) is 1. The first-order chi connectivity index (χ1) is 9.44. The fraction of sp³-hybridized carbons (Fsp3) is 0.533. The molecule has 1 heterocycles. The fourth-order valence-electron chi connectivity index (χ4n) is 1.92. The van der Waals surface area contributed by atoms with Gasteiger partial charge in [0.2, 0.25) is 5.91 Å². The summed E-state index contributed by atoms with van der Waals surface area (Å²) in [5.41, 5.74) is 0.820. The molecule has 1 aliphatic heterocycles. The number of anilines is 1. The van der Waals surface area contributed by atoms with E-state index in [0.717, 1.165) is 12.2 Å². The molecule has 0 bridgehead atoms. The van der Waals surface area contributed by atoms with Gasteiger partial charge in [-0.25, -0.2) is 0 Å². The minimum atomic E-state index is -0.257. The largest absolute Gasteiger partial charge is 0.378 e. The summed E-state index contributed by atoms with van der Waals surface area (Å²) >= 11 is 1.81. The average molecular weight is 294 g/mol. The van der Waals surface area contributed by atoms with Gasteiger partial charge >= 0.3 is 0 Å². The summed E-state index contributed by atoms with van der Waals surface area (Å²) < 4.78 is 5.48. The molecule has 1 atom stereocenters. The summed E-state index contributed by atoms with van der Waals surface area (Å²) in [6, 6.07) is 7.70. The Labute approximate surface area is 124 Å². The number of morpholine rings is 1. The second-order valence-electron chi connectivity index (χ2n) is 5.81. The van der Waals surface area contributed by atoms with Gasteiger partial charge in [0.1, 0.15) is 6.04 Å². The van der Waals surface area contributed by atoms with Crippen LogP contribution in [0.15, 0.2) is 29.2 Å². The number of rotatable bonds is 3. The lowest BCUT2D eigenvalue weighted by molar-refractivity contribution is -0.120. The van der Waals surface area contributed by atoms with Gasteiger partial charge in [0.05, 0.1) is 13.2 Å². The summed E-state index contributed by atoms with van der Waals surface area (Å²) in [7, 11) is 0. The molecule has 1 saturated heterocycles. The molecule has 1 unspecified atom stereocenters. The van der Waals surface area contributed by atoms with E-state index in [0.29, 0.717) is 13.2 Å². The predicted molar refractivity (Wildman–Crippen MR) is 83.3 cm³/mol. The highest BCUT2D eigenvalue weighted by molar-refractivity contribution is 8.00. The van der Waals surface area contributed by atoms with Crippen molar-refractivity contribution in [1.29, 1.82) is 0 Å². The van der Waals surface area contributed by atoms with Crippen molar-refractivity contribution in [1.82, 2.24) is 5.32 Å². The summed E-state index contributed by atoms with van der Waals surface area (Å²) in [5, 5.41) is 6.05. The SMILES string of the molecule is CC(C)(C)Sc1ccc(NC(=O)C2COCCN2)cc1. The van der Waals surface area contributed by atoms with Gasteiger partial charge < -0.3 is 15.4 Å². The third kappa shape index (κ3) is 4.81.